The van der Waals surface area contributed by atoms with E-state index >= 15 is 0 Å². The molecule has 0 heterocycles. The Morgan fingerprint density at radius 3 is 2.50 bits per heavy atom. The largest absolute Gasteiger partial charge is 0.393 e. The van der Waals surface area contributed by atoms with Gasteiger partial charge in [-0.15, -0.1) is 0 Å². The van der Waals surface area contributed by atoms with Crippen LogP contribution in [-0.4, -0.2) is 22.2 Å². The van der Waals surface area contributed by atoms with E-state index in [0.717, 1.165) is 0 Å². The maximum atomic E-state index is 10.6. The fourth-order valence-corrected chi connectivity index (χ4v) is 1.60. The first-order chi connectivity index (χ1) is 8.41. The molecule has 6 heteroatoms. The third-order valence-electron chi connectivity index (χ3n) is 3.16. The smallest absolute Gasteiger partial charge is 0.292 e. The van der Waals surface area contributed by atoms with Crippen LogP contribution in [0.5, 0.6) is 0 Å². The molecule has 0 aliphatic carbocycles. The quantitative estimate of drug-likeness (QED) is 0.409. The molecule has 18 heavy (non-hydrogen) atoms. The third kappa shape index (κ3) is 3.33. The van der Waals surface area contributed by atoms with Crippen molar-refractivity contribution in [1.29, 1.82) is 0 Å². The molecule has 1 aromatic carbocycles. The minimum absolute atomic E-state index is 0.109. The molecule has 0 unspecified atom stereocenters. The molecule has 100 valence electrons. The highest BCUT2D eigenvalue weighted by Crippen LogP contribution is 2.25. The SMILES string of the molecule is CCC(O)(CC)CNc1ccc([N+](=O)[O-])c(N)c1. The molecule has 0 aromatic heterocycles. The van der Waals surface area contributed by atoms with E-state index in [1.54, 1.807) is 6.07 Å². The first-order valence-corrected chi connectivity index (χ1v) is 5.92. The standard InChI is InChI=1S/C12H19N3O3/c1-3-12(16,4-2)8-14-9-5-6-11(15(17)18)10(13)7-9/h5-7,14,16H,3-4,8,13H2,1-2H3. The maximum absolute atomic E-state index is 10.6. The Labute approximate surface area is 106 Å². The Hall–Kier alpha value is -1.82. The van der Waals surface area contributed by atoms with Crippen molar-refractivity contribution in [2.45, 2.75) is 32.3 Å². The van der Waals surface area contributed by atoms with Gasteiger partial charge < -0.3 is 16.2 Å². The van der Waals surface area contributed by atoms with E-state index in [0.29, 0.717) is 25.1 Å². The van der Waals surface area contributed by atoms with Gasteiger partial charge in [0, 0.05) is 18.3 Å². The van der Waals surface area contributed by atoms with Gasteiger partial charge in [-0.1, -0.05) is 13.8 Å². The topological polar surface area (TPSA) is 101 Å². The van der Waals surface area contributed by atoms with Crippen LogP contribution in [0.1, 0.15) is 26.7 Å². The minimum Gasteiger partial charge on any atom is -0.393 e. The van der Waals surface area contributed by atoms with Crippen LogP contribution in [0, 0.1) is 10.1 Å². The van der Waals surface area contributed by atoms with Crippen molar-refractivity contribution < 1.29 is 10.0 Å². The average molecular weight is 253 g/mol. The van der Waals surface area contributed by atoms with Gasteiger partial charge >= 0.3 is 0 Å². The summed E-state index contributed by atoms with van der Waals surface area (Å²) in [5.74, 6) is 0. The molecule has 0 spiro atoms. The Morgan fingerprint density at radius 1 is 1.44 bits per heavy atom. The van der Waals surface area contributed by atoms with Crippen molar-refractivity contribution >= 4 is 17.1 Å². The van der Waals surface area contributed by atoms with Gasteiger partial charge in [0.1, 0.15) is 5.69 Å². The summed E-state index contributed by atoms with van der Waals surface area (Å²) in [4.78, 5) is 10.1. The molecule has 6 nitrogen and oxygen atoms in total. The molecule has 0 radical (unpaired) electrons. The van der Waals surface area contributed by atoms with Gasteiger partial charge in [0.25, 0.3) is 5.69 Å². The molecule has 0 saturated heterocycles. The predicted octanol–water partition coefficient (Wildman–Crippen LogP) is 2.14. The van der Waals surface area contributed by atoms with E-state index in [9.17, 15) is 15.2 Å². The van der Waals surface area contributed by atoms with Crippen molar-refractivity contribution in [3.63, 3.8) is 0 Å². The second-order valence-electron chi connectivity index (χ2n) is 4.32. The molecule has 0 amide bonds. The Balaban J connectivity index is 2.75. The number of nitrogens with one attached hydrogen (secondary N) is 1. The summed E-state index contributed by atoms with van der Waals surface area (Å²) >= 11 is 0. The van der Waals surface area contributed by atoms with Crippen LogP contribution in [0.3, 0.4) is 0 Å². The zero-order valence-electron chi connectivity index (χ0n) is 10.6. The number of nitro benzene ring substituents is 1. The number of nitrogens with two attached hydrogens (primary N) is 1. The van der Waals surface area contributed by atoms with Crippen molar-refractivity contribution in [2.24, 2.45) is 0 Å². The van der Waals surface area contributed by atoms with Crippen molar-refractivity contribution in [1.82, 2.24) is 0 Å². The summed E-state index contributed by atoms with van der Waals surface area (Å²) in [6.07, 6.45) is 1.28. The van der Waals surface area contributed by atoms with Crippen LogP contribution in [-0.2, 0) is 0 Å². The van der Waals surface area contributed by atoms with Gasteiger partial charge in [-0.2, -0.15) is 0 Å². The molecule has 0 bridgehead atoms. The number of rotatable bonds is 6. The van der Waals surface area contributed by atoms with E-state index in [2.05, 4.69) is 5.32 Å². The molecule has 0 atom stereocenters. The number of nitrogen functional groups attached to an aromatic ring is 1. The molecule has 0 aliphatic rings. The first-order valence-electron chi connectivity index (χ1n) is 5.92. The Bertz CT molecular complexity index is 431. The molecule has 1 aromatic rings. The number of anilines is 2. The number of aliphatic hydroxyl groups is 1. The van der Waals surface area contributed by atoms with Crippen LogP contribution in [0.15, 0.2) is 18.2 Å². The van der Waals surface area contributed by atoms with Crippen molar-refractivity contribution in [3.8, 4) is 0 Å². The summed E-state index contributed by atoms with van der Waals surface area (Å²) in [7, 11) is 0. The fourth-order valence-electron chi connectivity index (χ4n) is 1.60. The number of hydrogen-bond acceptors (Lipinski definition) is 5. The maximum Gasteiger partial charge on any atom is 0.292 e. The van der Waals surface area contributed by atoms with E-state index in [-0.39, 0.29) is 11.4 Å². The van der Waals surface area contributed by atoms with E-state index in [1.165, 1.54) is 12.1 Å². The van der Waals surface area contributed by atoms with Gasteiger partial charge in [-0.05, 0) is 25.0 Å². The predicted molar refractivity (Wildman–Crippen MR) is 71.5 cm³/mol. The van der Waals surface area contributed by atoms with E-state index in [1.807, 2.05) is 13.8 Å². The molecule has 4 N–H and O–H groups in total. The molecule has 0 fully saturated rings. The average Bonchev–Trinajstić information content (AvgIpc) is 2.35. The van der Waals surface area contributed by atoms with Crippen molar-refractivity contribution in [2.75, 3.05) is 17.6 Å². The van der Waals surface area contributed by atoms with Gasteiger partial charge in [0.2, 0.25) is 0 Å². The second-order valence-corrected chi connectivity index (χ2v) is 4.32. The number of nitrogens with zero attached hydrogens (tertiary/aromatic N) is 1. The first kappa shape index (κ1) is 14.2. The number of benzene rings is 1. The number of nitro groups is 1. The minimum atomic E-state index is -0.767. The highest BCUT2D eigenvalue weighted by atomic mass is 16.6. The lowest BCUT2D eigenvalue weighted by molar-refractivity contribution is -0.383. The molecule has 1 rings (SSSR count). The van der Waals surface area contributed by atoms with Crippen molar-refractivity contribution in [3.05, 3.63) is 28.3 Å². The van der Waals surface area contributed by atoms with Crippen LogP contribution >= 0.6 is 0 Å². The third-order valence-corrected chi connectivity index (χ3v) is 3.16. The lowest BCUT2D eigenvalue weighted by Crippen LogP contribution is -2.35. The monoisotopic (exact) mass is 253 g/mol. The van der Waals surface area contributed by atoms with Gasteiger partial charge in [-0.25, -0.2) is 0 Å². The lowest BCUT2D eigenvalue weighted by Gasteiger charge is -2.26. The summed E-state index contributed by atoms with van der Waals surface area (Å²) < 4.78 is 0. The fraction of sp³-hybridized carbons (Fsp3) is 0.500. The zero-order chi connectivity index (χ0) is 13.8. The van der Waals surface area contributed by atoms with E-state index < -0.39 is 10.5 Å². The summed E-state index contributed by atoms with van der Waals surface area (Å²) in [6, 6.07) is 4.44. The molecular weight excluding hydrogens is 234 g/mol. The normalized spacial score (nSPS) is 11.3. The summed E-state index contributed by atoms with van der Waals surface area (Å²) in [5.41, 5.74) is 5.48. The van der Waals surface area contributed by atoms with Crippen LogP contribution in [0.4, 0.5) is 17.1 Å². The Morgan fingerprint density at radius 2 is 2.06 bits per heavy atom. The highest BCUT2D eigenvalue weighted by molar-refractivity contribution is 5.65. The zero-order valence-corrected chi connectivity index (χ0v) is 10.6. The number of hydrogen-bond donors (Lipinski definition) is 3. The Kier molecular flexibility index (Phi) is 4.49. The van der Waals surface area contributed by atoms with Crippen LogP contribution in [0.25, 0.3) is 0 Å². The van der Waals surface area contributed by atoms with Gasteiger partial charge in [0.05, 0.1) is 10.5 Å². The van der Waals surface area contributed by atoms with E-state index in [4.69, 9.17) is 5.73 Å². The molecular formula is C12H19N3O3. The van der Waals surface area contributed by atoms with Crippen LogP contribution < -0.4 is 11.1 Å². The highest BCUT2D eigenvalue weighted by Gasteiger charge is 2.21. The summed E-state index contributed by atoms with van der Waals surface area (Å²) in [6.45, 7) is 4.21. The van der Waals surface area contributed by atoms with Gasteiger partial charge in [0.15, 0.2) is 0 Å². The molecule has 0 aliphatic heterocycles. The van der Waals surface area contributed by atoms with Gasteiger partial charge in [-0.3, -0.25) is 10.1 Å². The second kappa shape index (κ2) is 5.68. The lowest BCUT2D eigenvalue weighted by atomic mass is 9.97. The van der Waals surface area contributed by atoms with Crippen LogP contribution in [0.2, 0.25) is 0 Å². The molecule has 0 saturated carbocycles. The summed E-state index contributed by atoms with van der Waals surface area (Å²) in [5, 5.41) is 23.7.